The number of ether oxygens (including phenoxy) is 1. The van der Waals surface area contributed by atoms with Gasteiger partial charge in [-0.05, 0) is 31.0 Å². The Kier molecular flexibility index (Phi) is 6.12. The van der Waals surface area contributed by atoms with Gasteiger partial charge in [0.1, 0.15) is 0 Å². The molecule has 1 heterocycles. The maximum Gasteiger partial charge on any atom is 0.471 e. The Labute approximate surface area is 152 Å². The standard InChI is InChI=1S/C16H16ClF3N2O4/c1-26-14(24)10-2-3-11(17)12(8-10)21-13(23)9-4-6-22(7-5-9)15(25)16(18,19)20/h2-3,8-9H,4-7H2,1H3,(H,21,23). The molecule has 142 valence electrons. The summed E-state index contributed by atoms with van der Waals surface area (Å²) in [5.41, 5.74) is 0.395. The fourth-order valence-electron chi connectivity index (χ4n) is 2.62. The lowest BCUT2D eigenvalue weighted by atomic mass is 9.95. The number of rotatable bonds is 3. The van der Waals surface area contributed by atoms with Crippen LogP contribution in [0.3, 0.4) is 0 Å². The molecule has 1 saturated heterocycles. The Bertz CT molecular complexity index is 716. The van der Waals surface area contributed by atoms with E-state index in [1.54, 1.807) is 0 Å². The van der Waals surface area contributed by atoms with Crippen molar-refractivity contribution in [3.63, 3.8) is 0 Å². The quantitative estimate of drug-likeness (QED) is 0.802. The Hall–Kier alpha value is -2.29. The molecule has 0 bridgehead atoms. The van der Waals surface area contributed by atoms with Gasteiger partial charge in [-0.25, -0.2) is 4.79 Å². The van der Waals surface area contributed by atoms with E-state index in [1.807, 2.05) is 0 Å². The van der Waals surface area contributed by atoms with Crippen molar-refractivity contribution in [2.75, 3.05) is 25.5 Å². The second kappa shape index (κ2) is 7.94. The fourth-order valence-corrected chi connectivity index (χ4v) is 2.79. The lowest BCUT2D eigenvalue weighted by Crippen LogP contribution is -2.46. The first kappa shape index (κ1) is 20.0. The number of nitrogens with one attached hydrogen (secondary N) is 1. The Balaban J connectivity index is 2.00. The highest BCUT2D eigenvalue weighted by atomic mass is 35.5. The summed E-state index contributed by atoms with van der Waals surface area (Å²) in [6, 6.07) is 4.22. The molecule has 2 rings (SSSR count). The summed E-state index contributed by atoms with van der Waals surface area (Å²) in [7, 11) is 1.21. The molecule has 0 unspecified atom stereocenters. The van der Waals surface area contributed by atoms with Crippen molar-refractivity contribution in [1.82, 2.24) is 4.90 Å². The van der Waals surface area contributed by atoms with Gasteiger partial charge in [0, 0.05) is 19.0 Å². The van der Waals surface area contributed by atoms with Gasteiger partial charge in [0.25, 0.3) is 0 Å². The highest BCUT2D eigenvalue weighted by Crippen LogP contribution is 2.27. The van der Waals surface area contributed by atoms with Crippen LogP contribution in [0.2, 0.25) is 5.02 Å². The summed E-state index contributed by atoms with van der Waals surface area (Å²) in [5.74, 6) is -3.50. The van der Waals surface area contributed by atoms with Crippen LogP contribution in [0.4, 0.5) is 18.9 Å². The number of esters is 1. The molecule has 1 aliphatic rings. The molecule has 0 saturated carbocycles. The predicted octanol–water partition coefficient (Wildman–Crippen LogP) is 2.87. The fraction of sp³-hybridized carbons (Fsp3) is 0.438. The molecule has 1 N–H and O–H groups in total. The van der Waals surface area contributed by atoms with E-state index in [4.69, 9.17) is 11.6 Å². The van der Waals surface area contributed by atoms with Gasteiger partial charge >= 0.3 is 18.1 Å². The Morgan fingerprint density at radius 1 is 1.23 bits per heavy atom. The minimum absolute atomic E-state index is 0.0992. The second-order valence-electron chi connectivity index (χ2n) is 5.74. The number of carbonyl (C=O) groups is 3. The molecule has 10 heteroatoms. The van der Waals surface area contributed by atoms with Crippen LogP contribution in [0, 0.1) is 5.92 Å². The lowest BCUT2D eigenvalue weighted by molar-refractivity contribution is -0.186. The summed E-state index contributed by atoms with van der Waals surface area (Å²) in [6.45, 7) is -0.321. The van der Waals surface area contributed by atoms with E-state index >= 15 is 0 Å². The number of hydrogen-bond acceptors (Lipinski definition) is 4. The molecule has 0 aliphatic carbocycles. The second-order valence-corrected chi connectivity index (χ2v) is 6.15. The molecule has 0 aromatic heterocycles. The number of piperidine rings is 1. The van der Waals surface area contributed by atoms with E-state index < -0.39 is 29.9 Å². The zero-order chi connectivity index (χ0) is 19.5. The molecule has 0 atom stereocenters. The number of amides is 2. The zero-order valence-corrected chi connectivity index (χ0v) is 14.5. The highest BCUT2D eigenvalue weighted by Gasteiger charge is 2.43. The number of carbonyl (C=O) groups excluding carboxylic acids is 3. The van der Waals surface area contributed by atoms with Crippen LogP contribution in [0.5, 0.6) is 0 Å². The number of methoxy groups -OCH3 is 1. The first-order valence-electron chi connectivity index (χ1n) is 7.68. The highest BCUT2D eigenvalue weighted by molar-refractivity contribution is 6.33. The van der Waals surface area contributed by atoms with Crippen molar-refractivity contribution in [1.29, 1.82) is 0 Å². The molecule has 1 aliphatic heterocycles. The van der Waals surface area contributed by atoms with E-state index in [2.05, 4.69) is 10.1 Å². The van der Waals surface area contributed by atoms with Crippen molar-refractivity contribution in [3.05, 3.63) is 28.8 Å². The normalized spacial score (nSPS) is 15.5. The number of hydrogen-bond donors (Lipinski definition) is 1. The van der Waals surface area contributed by atoms with Gasteiger partial charge in [0.05, 0.1) is 23.4 Å². The first-order valence-corrected chi connectivity index (χ1v) is 8.06. The van der Waals surface area contributed by atoms with Gasteiger partial charge in [-0.3, -0.25) is 9.59 Å². The summed E-state index contributed by atoms with van der Waals surface area (Å²) in [6.07, 6.45) is -4.72. The maximum absolute atomic E-state index is 12.4. The Morgan fingerprint density at radius 3 is 2.38 bits per heavy atom. The summed E-state index contributed by atoms with van der Waals surface area (Å²) in [5, 5.41) is 2.77. The average molecular weight is 393 g/mol. The molecule has 26 heavy (non-hydrogen) atoms. The molecule has 0 radical (unpaired) electrons. The predicted molar refractivity (Wildman–Crippen MR) is 86.8 cm³/mol. The lowest BCUT2D eigenvalue weighted by Gasteiger charge is -2.31. The topological polar surface area (TPSA) is 75.7 Å². The van der Waals surface area contributed by atoms with Crippen LogP contribution in [0.25, 0.3) is 0 Å². The van der Waals surface area contributed by atoms with Crippen LogP contribution in [-0.4, -0.2) is 49.1 Å². The SMILES string of the molecule is COC(=O)c1ccc(Cl)c(NC(=O)C2CCN(C(=O)C(F)(F)F)CC2)c1. The van der Waals surface area contributed by atoms with E-state index in [9.17, 15) is 27.6 Å². The third-order valence-corrected chi connectivity index (χ3v) is 4.37. The molecular weight excluding hydrogens is 377 g/mol. The first-order chi connectivity index (χ1) is 12.1. The van der Waals surface area contributed by atoms with E-state index in [0.29, 0.717) is 4.90 Å². The minimum atomic E-state index is -4.92. The van der Waals surface area contributed by atoms with Crippen LogP contribution < -0.4 is 5.32 Å². The molecule has 1 aromatic rings. The van der Waals surface area contributed by atoms with Gasteiger partial charge in [0.2, 0.25) is 5.91 Å². The summed E-state index contributed by atoms with van der Waals surface area (Å²) >= 11 is 6.00. The van der Waals surface area contributed by atoms with Gasteiger partial charge in [-0.2, -0.15) is 13.2 Å². The molecule has 6 nitrogen and oxygen atoms in total. The summed E-state index contributed by atoms with van der Waals surface area (Å²) in [4.78, 5) is 35.8. The number of halogens is 4. The molecule has 1 fully saturated rings. The van der Waals surface area contributed by atoms with Crippen molar-refractivity contribution in [2.24, 2.45) is 5.92 Å². The molecule has 1 aromatic carbocycles. The largest absolute Gasteiger partial charge is 0.471 e. The number of anilines is 1. The van der Waals surface area contributed by atoms with E-state index in [1.165, 1.54) is 25.3 Å². The van der Waals surface area contributed by atoms with Crippen molar-refractivity contribution in [2.45, 2.75) is 19.0 Å². The third-order valence-electron chi connectivity index (χ3n) is 4.04. The van der Waals surface area contributed by atoms with Crippen LogP contribution in [-0.2, 0) is 14.3 Å². The number of nitrogens with zero attached hydrogens (tertiary/aromatic N) is 1. The van der Waals surface area contributed by atoms with Gasteiger partial charge in [0.15, 0.2) is 0 Å². The van der Waals surface area contributed by atoms with Crippen molar-refractivity contribution in [3.8, 4) is 0 Å². The van der Waals surface area contributed by atoms with Crippen molar-refractivity contribution < 1.29 is 32.3 Å². The van der Waals surface area contributed by atoms with Gasteiger partial charge in [-0.15, -0.1) is 0 Å². The van der Waals surface area contributed by atoms with Gasteiger partial charge in [-0.1, -0.05) is 11.6 Å². The number of alkyl halides is 3. The average Bonchev–Trinajstić information content (AvgIpc) is 2.61. The zero-order valence-electron chi connectivity index (χ0n) is 13.7. The van der Waals surface area contributed by atoms with Crippen LogP contribution >= 0.6 is 11.6 Å². The van der Waals surface area contributed by atoms with Gasteiger partial charge < -0.3 is 15.0 Å². The number of likely N-dealkylation sites (tertiary alicyclic amines) is 1. The minimum Gasteiger partial charge on any atom is -0.465 e. The maximum atomic E-state index is 12.4. The smallest absolute Gasteiger partial charge is 0.465 e. The summed E-state index contributed by atoms with van der Waals surface area (Å²) < 4.78 is 41.9. The Morgan fingerprint density at radius 2 is 1.85 bits per heavy atom. The van der Waals surface area contributed by atoms with Crippen molar-refractivity contribution >= 4 is 35.1 Å². The third kappa shape index (κ3) is 4.66. The van der Waals surface area contributed by atoms with Crippen LogP contribution in [0.1, 0.15) is 23.2 Å². The van der Waals surface area contributed by atoms with E-state index in [0.717, 1.165) is 0 Å². The monoisotopic (exact) mass is 392 g/mol. The van der Waals surface area contributed by atoms with Crippen LogP contribution in [0.15, 0.2) is 18.2 Å². The molecular formula is C16H16ClF3N2O4. The number of benzene rings is 1. The van der Waals surface area contributed by atoms with E-state index in [-0.39, 0.29) is 42.2 Å². The molecule has 2 amide bonds. The molecule has 0 spiro atoms.